The second-order valence-electron chi connectivity index (χ2n) is 3.05. The summed E-state index contributed by atoms with van der Waals surface area (Å²) in [6, 6.07) is 0. The molecule has 70 valence electrons. The van der Waals surface area contributed by atoms with Crippen LogP contribution in [-0.4, -0.2) is 24.4 Å². The van der Waals surface area contributed by atoms with Gasteiger partial charge in [0.05, 0.1) is 6.61 Å². The molecule has 0 bridgehead atoms. The van der Waals surface area contributed by atoms with Crippen molar-refractivity contribution < 1.29 is 14.6 Å². The maximum Gasteiger partial charge on any atom is 0.278 e. The van der Waals surface area contributed by atoms with E-state index < -0.39 is 0 Å². The Balaban J connectivity index is 2.48. The van der Waals surface area contributed by atoms with E-state index in [9.17, 15) is 0 Å². The number of hydrogen-bond donors (Lipinski definition) is 1. The molecule has 1 saturated heterocycles. The summed E-state index contributed by atoms with van der Waals surface area (Å²) < 4.78 is 10.6. The molecule has 1 atom stereocenters. The van der Waals surface area contributed by atoms with E-state index >= 15 is 0 Å². The Morgan fingerprint density at radius 3 is 2.92 bits per heavy atom. The van der Waals surface area contributed by atoms with Crippen molar-refractivity contribution in [1.29, 1.82) is 0 Å². The van der Waals surface area contributed by atoms with Crippen LogP contribution >= 0.6 is 0 Å². The normalized spacial score (nSPS) is 26.4. The highest BCUT2D eigenvalue weighted by molar-refractivity contribution is 5.02. The lowest BCUT2D eigenvalue weighted by molar-refractivity contribution is 0.0906. The molecule has 1 aliphatic heterocycles. The third kappa shape index (κ3) is 2.14. The first-order valence-corrected chi connectivity index (χ1v) is 4.38. The van der Waals surface area contributed by atoms with Crippen molar-refractivity contribution in [3.05, 3.63) is 11.5 Å². The summed E-state index contributed by atoms with van der Waals surface area (Å²) >= 11 is 0. The van der Waals surface area contributed by atoms with Crippen LogP contribution in [0.1, 0.15) is 26.7 Å². The van der Waals surface area contributed by atoms with Gasteiger partial charge in [0.1, 0.15) is 6.61 Å². The number of allylic oxidation sites excluding steroid dienone is 1. The van der Waals surface area contributed by atoms with Crippen molar-refractivity contribution >= 4 is 0 Å². The predicted octanol–water partition coefficient (Wildman–Crippen LogP) is 1.43. The van der Waals surface area contributed by atoms with Crippen molar-refractivity contribution in [3.63, 3.8) is 0 Å². The van der Waals surface area contributed by atoms with E-state index in [1.54, 1.807) is 0 Å². The molecule has 1 aliphatic rings. The van der Waals surface area contributed by atoms with Crippen molar-refractivity contribution in [2.24, 2.45) is 0 Å². The lowest BCUT2D eigenvalue weighted by atomic mass is 10.2. The third-order valence-electron chi connectivity index (χ3n) is 1.85. The summed E-state index contributed by atoms with van der Waals surface area (Å²) in [6.07, 6.45) is 1.92. The molecule has 3 heteroatoms. The average Bonchev–Trinajstić information content (AvgIpc) is 2.52. The Kier molecular flexibility index (Phi) is 3.41. The van der Waals surface area contributed by atoms with Gasteiger partial charge in [0.15, 0.2) is 6.10 Å². The van der Waals surface area contributed by atoms with Crippen LogP contribution in [0.25, 0.3) is 0 Å². The van der Waals surface area contributed by atoms with Gasteiger partial charge in [-0.25, -0.2) is 0 Å². The minimum atomic E-state index is -0.160. The maximum absolute atomic E-state index is 8.77. The first-order valence-electron chi connectivity index (χ1n) is 4.38. The molecule has 0 amide bonds. The van der Waals surface area contributed by atoms with E-state index in [1.807, 2.05) is 6.92 Å². The number of aliphatic hydroxyl groups excluding tert-OH is 1. The molecular weight excluding hydrogens is 156 g/mol. The van der Waals surface area contributed by atoms with Gasteiger partial charge in [-0.15, -0.1) is 0 Å². The molecular formula is C9H16O3. The zero-order chi connectivity index (χ0) is 8.97. The van der Waals surface area contributed by atoms with E-state index in [2.05, 4.69) is 6.92 Å². The van der Waals surface area contributed by atoms with Gasteiger partial charge in [0, 0.05) is 5.57 Å². The molecule has 0 aliphatic carbocycles. The fraction of sp³-hybridized carbons (Fsp3) is 0.778. The summed E-state index contributed by atoms with van der Waals surface area (Å²) in [5, 5.41) is 8.77. The molecule has 0 spiro atoms. The van der Waals surface area contributed by atoms with Gasteiger partial charge >= 0.3 is 0 Å². The average molecular weight is 172 g/mol. The summed E-state index contributed by atoms with van der Waals surface area (Å²) in [5.41, 5.74) is 1.13. The van der Waals surface area contributed by atoms with E-state index in [-0.39, 0.29) is 12.7 Å². The van der Waals surface area contributed by atoms with Crippen LogP contribution in [-0.2, 0) is 9.47 Å². The zero-order valence-electron chi connectivity index (χ0n) is 7.67. The molecule has 1 N–H and O–H groups in total. The SMILES string of the molecule is CCCC(C)=C1OCC(CO)O1. The fourth-order valence-electron chi connectivity index (χ4n) is 1.18. The quantitative estimate of drug-likeness (QED) is 0.699. The topological polar surface area (TPSA) is 38.7 Å². The van der Waals surface area contributed by atoms with Crippen LogP contribution in [0.3, 0.4) is 0 Å². The number of hydrogen-bond acceptors (Lipinski definition) is 3. The Bertz CT molecular complexity index is 175. The Hall–Kier alpha value is -0.700. The van der Waals surface area contributed by atoms with Crippen LogP contribution in [0.5, 0.6) is 0 Å². The standard InChI is InChI=1S/C9H16O3/c1-3-4-7(2)9-11-6-8(5-10)12-9/h8,10H,3-6H2,1-2H3. The van der Waals surface area contributed by atoms with Gasteiger partial charge in [0.2, 0.25) is 0 Å². The maximum atomic E-state index is 8.77. The highest BCUT2D eigenvalue weighted by Gasteiger charge is 2.22. The molecule has 1 unspecified atom stereocenters. The number of ether oxygens (including phenoxy) is 2. The molecule has 12 heavy (non-hydrogen) atoms. The van der Waals surface area contributed by atoms with Gasteiger partial charge in [-0.2, -0.15) is 0 Å². The molecule has 0 aromatic carbocycles. The van der Waals surface area contributed by atoms with Crippen LogP contribution in [0.2, 0.25) is 0 Å². The lowest BCUT2D eigenvalue weighted by Gasteiger charge is -2.04. The smallest absolute Gasteiger partial charge is 0.278 e. The number of aliphatic hydroxyl groups is 1. The zero-order valence-corrected chi connectivity index (χ0v) is 7.67. The van der Waals surface area contributed by atoms with Crippen LogP contribution in [0, 0.1) is 0 Å². The highest BCUT2D eigenvalue weighted by Crippen LogP contribution is 2.20. The minimum absolute atomic E-state index is 0.0307. The van der Waals surface area contributed by atoms with Crippen LogP contribution < -0.4 is 0 Å². The predicted molar refractivity (Wildman–Crippen MR) is 45.5 cm³/mol. The Morgan fingerprint density at radius 2 is 2.42 bits per heavy atom. The Labute approximate surface area is 73.0 Å². The largest absolute Gasteiger partial charge is 0.461 e. The molecule has 3 nitrogen and oxygen atoms in total. The molecule has 0 radical (unpaired) electrons. The highest BCUT2D eigenvalue weighted by atomic mass is 16.7. The Morgan fingerprint density at radius 1 is 1.67 bits per heavy atom. The van der Waals surface area contributed by atoms with Crippen molar-refractivity contribution in [2.45, 2.75) is 32.8 Å². The first-order chi connectivity index (χ1) is 5.77. The van der Waals surface area contributed by atoms with Crippen molar-refractivity contribution in [2.75, 3.05) is 13.2 Å². The van der Waals surface area contributed by atoms with Gasteiger partial charge in [-0.05, 0) is 13.3 Å². The second kappa shape index (κ2) is 4.36. The lowest BCUT2D eigenvalue weighted by Crippen LogP contribution is -2.13. The molecule has 1 heterocycles. The van der Waals surface area contributed by atoms with E-state index in [1.165, 1.54) is 0 Å². The molecule has 0 saturated carbocycles. The summed E-state index contributed by atoms with van der Waals surface area (Å²) in [6.45, 7) is 4.62. The fourth-order valence-corrected chi connectivity index (χ4v) is 1.18. The van der Waals surface area contributed by atoms with Gasteiger partial charge in [-0.1, -0.05) is 13.3 Å². The molecule has 0 aromatic heterocycles. The van der Waals surface area contributed by atoms with Crippen molar-refractivity contribution in [1.82, 2.24) is 0 Å². The van der Waals surface area contributed by atoms with Gasteiger partial charge < -0.3 is 14.6 Å². The molecule has 1 fully saturated rings. The van der Waals surface area contributed by atoms with Gasteiger partial charge in [0.25, 0.3) is 5.95 Å². The minimum Gasteiger partial charge on any atom is -0.461 e. The number of rotatable bonds is 3. The van der Waals surface area contributed by atoms with Gasteiger partial charge in [-0.3, -0.25) is 0 Å². The van der Waals surface area contributed by atoms with E-state index in [4.69, 9.17) is 14.6 Å². The van der Waals surface area contributed by atoms with E-state index in [0.29, 0.717) is 12.6 Å². The molecule has 1 rings (SSSR count). The summed E-state index contributed by atoms with van der Waals surface area (Å²) in [5.74, 6) is 0.621. The van der Waals surface area contributed by atoms with Crippen LogP contribution in [0.15, 0.2) is 11.5 Å². The first kappa shape index (κ1) is 9.39. The van der Waals surface area contributed by atoms with Crippen LogP contribution in [0.4, 0.5) is 0 Å². The molecule has 0 aromatic rings. The third-order valence-corrected chi connectivity index (χ3v) is 1.85. The van der Waals surface area contributed by atoms with Crippen molar-refractivity contribution in [3.8, 4) is 0 Å². The second-order valence-corrected chi connectivity index (χ2v) is 3.05. The summed E-state index contributed by atoms with van der Waals surface area (Å²) in [4.78, 5) is 0. The summed E-state index contributed by atoms with van der Waals surface area (Å²) in [7, 11) is 0. The monoisotopic (exact) mass is 172 g/mol. The van der Waals surface area contributed by atoms with E-state index in [0.717, 1.165) is 18.4 Å².